The molecule has 0 aromatic carbocycles. The van der Waals surface area contributed by atoms with Gasteiger partial charge in [-0.1, -0.05) is 0 Å². The van der Waals surface area contributed by atoms with Gasteiger partial charge in [-0.25, -0.2) is 0 Å². The Kier molecular flexibility index (Phi) is 2.60. The Bertz CT molecular complexity index is 512. The molecule has 2 heterocycles. The van der Waals surface area contributed by atoms with Gasteiger partial charge in [-0.05, 0) is 10.4 Å². The van der Waals surface area contributed by atoms with Crippen LogP contribution in [-0.4, -0.2) is 48.7 Å². The van der Waals surface area contributed by atoms with Crippen LogP contribution in [0.3, 0.4) is 0 Å². The molecule has 2 aromatic rings. The molecule has 2 aromatic heterocycles. The molecule has 1 atom stereocenters. The minimum Gasteiger partial charge on any atom is -0.480 e. The van der Waals surface area contributed by atoms with Crippen LogP contribution in [0, 0.1) is 0 Å². The first-order valence-corrected chi connectivity index (χ1v) is 4.32. The van der Waals surface area contributed by atoms with Crippen molar-refractivity contribution in [3.05, 3.63) is 12.4 Å². The zero-order chi connectivity index (χ0) is 11.5. The number of aliphatic carboxylic acids is 1. The average Bonchev–Trinajstić information content (AvgIpc) is 2.73. The summed E-state index contributed by atoms with van der Waals surface area (Å²) in [5, 5.41) is 19.3. The van der Waals surface area contributed by atoms with Crippen molar-refractivity contribution in [2.24, 2.45) is 5.73 Å². The number of aromatic nitrogens is 5. The van der Waals surface area contributed by atoms with Gasteiger partial charge in [0.25, 0.3) is 0 Å². The van der Waals surface area contributed by atoms with Gasteiger partial charge in [0.2, 0.25) is 11.5 Å². The maximum Gasteiger partial charge on any atom is 0.324 e. The lowest BCUT2D eigenvalue weighted by molar-refractivity contribution is -0.139. The van der Waals surface area contributed by atoms with E-state index in [1.807, 2.05) is 0 Å². The Hall–Kier alpha value is -2.29. The van der Waals surface area contributed by atoms with E-state index in [0.717, 1.165) is 0 Å². The number of carboxylic acids is 1. The van der Waals surface area contributed by atoms with E-state index in [0.29, 0.717) is 5.65 Å². The number of nitrogens with two attached hydrogens (primary N) is 1. The molecule has 0 radical (unpaired) electrons. The topological polar surface area (TPSA) is 129 Å². The fourth-order valence-electron chi connectivity index (χ4n) is 0.999. The van der Waals surface area contributed by atoms with Crippen LogP contribution in [0.1, 0.15) is 0 Å². The van der Waals surface area contributed by atoms with Gasteiger partial charge >= 0.3 is 5.97 Å². The van der Waals surface area contributed by atoms with Crippen LogP contribution < -0.4 is 10.5 Å². The number of carboxylic acid groups (broad SMARTS) is 1. The van der Waals surface area contributed by atoms with Crippen LogP contribution in [0.25, 0.3) is 5.65 Å². The van der Waals surface area contributed by atoms with Crippen LogP contribution in [-0.2, 0) is 4.79 Å². The molecule has 16 heavy (non-hydrogen) atoms. The number of ether oxygens (including phenoxy) is 1. The maximum atomic E-state index is 10.5. The lowest BCUT2D eigenvalue weighted by Crippen LogP contribution is -2.36. The lowest BCUT2D eigenvalue weighted by atomic mass is 10.3. The molecule has 9 heteroatoms. The zero-order valence-electron chi connectivity index (χ0n) is 8.02. The third-order valence-electron chi connectivity index (χ3n) is 1.81. The lowest BCUT2D eigenvalue weighted by Gasteiger charge is -2.08. The normalized spacial score (nSPS) is 12.6. The van der Waals surface area contributed by atoms with Crippen molar-refractivity contribution in [3.63, 3.8) is 0 Å². The van der Waals surface area contributed by atoms with E-state index in [2.05, 4.69) is 20.5 Å². The number of tetrazole rings is 1. The quantitative estimate of drug-likeness (QED) is 0.629. The van der Waals surface area contributed by atoms with E-state index in [4.69, 9.17) is 15.6 Å². The smallest absolute Gasteiger partial charge is 0.324 e. The van der Waals surface area contributed by atoms with E-state index < -0.39 is 12.0 Å². The first-order chi connectivity index (χ1) is 7.68. The molecule has 0 spiro atoms. The number of hydrogen-bond acceptors (Lipinski definition) is 7. The van der Waals surface area contributed by atoms with Gasteiger partial charge in [0, 0.05) is 0 Å². The molecule has 0 bridgehead atoms. The summed E-state index contributed by atoms with van der Waals surface area (Å²) >= 11 is 0. The van der Waals surface area contributed by atoms with E-state index in [1.54, 1.807) is 0 Å². The number of nitrogens with zero attached hydrogens (tertiary/aromatic N) is 5. The second kappa shape index (κ2) is 4.06. The van der Waals surface area contributed by atoms with Crippen molar-refractivity contribution < 1.29 is 14.6 Å². The summed E-state index contributed by atoms with van der Waals surface area (Å²) in [6, 6.07) is -1.10. The number of rotatable bonds is 4. The van der Waals surface area contributed by atoms with Crippen molar-refractivity contribution in [2.45, 2.75) is 6.04 Å². The minimum absolute atomic E-state index is 0.185. The maximum absolute atomic E-state index is 10.5. The predicted molar refractivity (Wildman–Crippen MR) is 49.7 cm³/mol. The molecular formula is C7H8N6O3. The van der Waals surface area contributed by atoms with E-state index in [1.165, 1.54) is 16.9 Å². The fourth-order valence-corrected chi connectivity index (χ4v) is 0.999. The molecule has 0 aliphatic carbocycles. The molecule has 3 N–H and O–H groups in total. The highest BCUT2D eigenvalue weighted by atomic mass is 16.5. The van der Waals surface area contributed by atoms with Crippen molar-refractivity contribution in [1.82, 2.24) is 25.0 Å². The Morgan fingerprint density at radius 1 is 1.62 bits per heavy atom. The van der Waals surface area contributed by atoms with Crippen LogP contribution in [0.15, 0.2) is 12.4 Å². The monoisotopic (exact) mass is 224 g/mol. The number of carbonyl (C=O) groups is 1. The third kappa shape index (κ3) is 1.88. The van der Waals surface area contributed by atoms with Crippen LogP contribution in [0.5, 0.6) is 5.88 Å². The standard InChI is InChI=1S/C7H8N6O3/c8-4(7(14)15)3-16-6-2-9-1-5-10-11-12-13(5)6/h1-2,4H,3,8H2,(H,14,15). The summed E-state index contributed by atoms with van der Waals surface area (Å²) in [7, 11) is 0. The van der Waals surface area contributed by atoms with Gasteiger partial charge in [0.05, 0.1) is 12.4 Å². The predicted octanol–water partition coefficient (Wildman–Crippen LogP) is -1.69. The first-order valence-electron chi connectivity index (χ1n) is 4.32. The van der Waals surface area contributed by atoms with E-state index in [-0.39, 0.29) is 12.5 Å². The highest BCUT2D eigenvalue weighted by Crippen LogP contribution is 2.08. The van der Waals surface area contributed by atoms with Crippen LogP contribution >= 0.6 is 0 Å². The molecule has 0 aliphatic heterocycles. The van der Waals surface area contributed by atoms with Crippen LogP contribution in [0.4, 0.5) is 0 Å². The molecule has 0 aliphatic rings. The molecule has 2 rings (SSSR count). The molecule has 9 nitrogen and oxygen atoms in total. The number of hydrogen-bond donors (Lipinski definition) is 2. The Balaban J connectivity index is 2.15. The number of fused-ring (bicyclic) bond motifs is 1. The molecule has 0 saturated carbocycles. The summed E-state index contributed by atoms with van der Waals surface area (Å²) < 4.78 is 6.45. The van der Waals surface area contributed by atoms with E-state index in [9.17, 15) is 4.79 Å². The Morgan fingerprint density at radius 2 is 2.44 bits per heavy atom. The van der Waals surface area contributed by atoms with Gasteiger partial charge in [0.15, 0.2) is 0 Å². The molecule has 0 amide bonds. The van der Waals surface area contributed by atoms with Gasteiger partial charge in [0.1, 0.15) is 12.6 Å². The first kappa shape index (κ1) is 10.2. The Morgan fingerprint density at radius 3 is 3.19 bits per heavy atom. The fraction of sp³-hybridized carbons (Fsp3) is 0.286. The summed E-state index contributed by atoms with van der Waals surface area (Å²) in [4.78, 5) is 14.3. The molecular weight excluding hydrogens is 216 g/mol. The Labute approximate surface area is 88.8 Å². The minimum atomic E-state index is -1.14. The van der Waals surface area contributed by atoms with Crippen molar-refractivity contribution in [3.8, 4) is 5.88 Å². The highest BCUT2D eigenvalue weighted by molar-refractivity contribution is 5.73. The molecule has 0 saturated heterocycles. The van der Waals surface area contributed by atoms with Gasteiger partial charge in [-0.15, -0.1) is 5.10 Å². The van der Waals surface area contributed by atoms with Crippen LogP contribution in [0.2, 0.25) is 0 Å². The highest BCUT2D eigenvalue weighted by Gasteiger charge is 2.13. The molecule has 84 valence electrons. The second-order valence-corrected chi connectivity index (χ2v) is 2.95. The van der Waals surface area contributed by atoms with Crippen molar-refractivity contribution in [2.75, 3.05) is 6.61 Å². The summed E-state index contributed by atoms with van der Waals surface area (Å²) in [6.07, 6.45) is 2.82. The van der Waals surface area contributed by atoms with E-state index >= 15 is 0 Å². The summed E-state index contributed by atoms with van der Waals surface area (Å²) in [5.41, 5.74) is 5.68. The van der Waals surface area contributed by atoms with Gasteiger partial charge < -0.3 is 15.6 Å². The second-order valence-electron chi connectivity index (χ2n) is 2.95. The summed E-state index contributed by atoms with van der Waals surface area (Å²) in [6.45, 7) is -0.185. The summed E-state index contributed by atoms with van der Waals surface area (Å²) in [5.74, 6) is -0.906. The molecule has 0 fully saturated rings. The van der Waals surface area contributed by atoms with Gasteiger partial charge in [-0.2, -0.15) is 4.52 Å². The van der Waals surface area contributed by atoms with Gasteiger partial charge in [-0.3, -0.25) is 9.78 Å². The molecule has 1 unspecified atom stereocenters. The SMILES string of the molecule is NC(COc1cncc2nnnn12)C(=O)O. The third-order valence-corrected chi connectivity index (χ3v) is 1.81. The largest absolute Gasteiger partial charge is 0.480 e. The van der Waals surface area contributed by atoms with Crippen molar-refractivity contribution in [1.29, 1.82) is 0 Å². The average molecular weight is 224 g/mol. The zero-order valence-corrected chi connectivity index (χ0v) is 8.02. The van der Waals surface area contributed by atoms with Crippen molar-refractivity contribution >= 4 is 11.6 Å².